The smallest absolute Gasteiger partial charge is 0.275 e. The lowest BCUT2D eigenvalue weighted by atomic mass is 10.0. The van der Waals surface area contributed by atoms with Gasteiger partial charge in [0.25, 0.3) is 5.91 Å². The summed E-state index contributed by atoms with van der Waals surface area (Å²) in [6, 6.07) is 16.7. The molecule has 0 spiro atoms. The molecule has 1 aliphatic heterocycles. The maximum Gasteiger partial charge on any atom is 0.275 e. The predicted molar refractivity (Wildman–Crippen MR) is 74.2 cm³/mol. The standard InChI is InChI=1S/C16H15NO3/c17-16(19-11-12-6-2-1-3-7-12)10-14(18)13-8-4-5-9-15(13)20-16/h1-9H,10-11,17H2. The number of benzene rings is 2. The summed E-state index contributed by atoms with van der Waals surface area (Å²) in [5, 5.41) is 0. The Morgan fingerprint density at radius 3 is 2.60 bits per heavy atom. The molecule has 0 bridgehead atoms. The van der Waals surface area contributed by atoms with Crippen molar-refractivity contribution in [2.75, 3.05) is 0 Å². The molecule has 1 aliphatic rings. The van der Waals surface area contributed by atoms with Gasteiger partial charge in [0, 0.05) is 0 Å². The zero-order chi connectivity index (χ0) is 14.0. The van der Waals surface area contributed by atoms with Gasteiger partial charge in [0.15, 0.2) is 5.78 Å². The van der Waals surface area contributed by atoms with Crippen LogP contribution in [0.2, 0.25) is 0 Å². The van der Waals surface area contributed by atoms with Crippen molar-refractivity contribution in [2.45, 2.75) is 18.9 Å². The largest absolute Gasteiger partial charge is 0.448 e. The molecule has 2 aromatic rings. The van der Waals surface area contributed by atoms with Gasteiger partial charge in [-0.1, -0.05) is 42.5 Å². The van der Waals surface area contributed by atoms with Gasteiger partial charge in [0.05, 0.1) is 18.6 Å². The fraction of sp³-hybridized carbons (Fsp3) is 0.188. The number of hydrogen-bond acceptors (Lipinski definition) is 4. The second kappa shape index (κ2) is 5.07. The number of carbonyl (C=O) groups excluding carboxylic acids is 1. The van der Waals surface area contributed by atoms with Gasteiger partial charge in [-0.2, -0.15) is 0 Å². The topological polar surface area (TPSA) is 61.5 Å². The zero-order valence-electron chi connectivity index (χ0n) is 10.9. The third kappa shape index (κ3) is 2.57. The molecule has 1 atom stereocenters. The maximum absolute atomic E-state index is 12.1. The van der Waals surface area contributed by atoms with Gasteiger partial charge in [0.2, 0.25) is 0 Å². The van der Waals surface area contributed by atoms with Crippen LogP contribution < -0.4 is 10.5 Å². The molecular weight excluding hydrogens is 254 g/mol. The fourth-order valence-corrected chi connectivity index (χ4v) is 2.19. The van der Waals surface area contributed by atoms with E-state index in [1.165, 1.54) is 0 Å². The van der Waals surface area contributed by atoms with Gasteiger partial charge in [-0.05, 0) is 17.7 Å². The van der Waals surface area contributed by atoms with Crippen molar-refractivity contribution >= 4 is 5.78 Å². The van der Waals surface area contributed by atoms with E-state index >= 15 is 0 Å². The number of fused-ring (bicyclic) bond motifs is 1. The van der Waals surface area contributed by atoms with E-state index in [1.807, 2.05) is 30.3 Å². The van der Waals surface area contributed by atoms with E-state index in [1.54, 1.807) is 24.3 Å². The van der Waals surface area contributed by atoms with Gasteiger partial charge in [-0.15, -0.1) is 0 Å². The Balaban J connectivity index is 1.76. The van der Waals surface area contributed by atoms with E-state index in [9.17, 15) is 4.79 Å². The number of ether oxygens (including phenoxy) is 2. The van der Waals surface area contributed by atoms with Gasteiger partial charge < -0.3 is 9.47 Å². The Labute approximate surface area is 117 Å². The van der Waals surface area contributed by atoms with Crippen LogP contribution in [-0.2, 0) is 11.3 Å². The van der Waals surface area contributed by atoms with Crippen molar-refractivity contribution in [1.82, 2.24) is 0 Å². The van der Waals surface area contributed by atoms with Gasteiger partial charge in [-0.25, -0.2) is 0 Å². The van der Waals surface area contributed by atoms with E-state index < -0.39 is 5.91 Å². The van der Waals surface area contributed by atoms with E-state index in [0.29, 0.717) is 17.9 Å². The second-order valence-corrected chi connectivity index (χ2v) is 4.78. The van der Waals surface area contributed by atoms with Gasteiger partial charge >= 0.3 is 0 Å². The van der Waals surface area contributed by atoms with Crippen LogP contribution >= 0.6 is 0 Å². The molecule has 2 aromatic carbocycles. The highest BCUT2D eigenvalue weighted by atomic mass is 16.7. The second-order valence-electron chi connectivity index (χ2n) is 4.78. The van der Waals surface area contributed by atoms with Crippen LogP contribution in [0.4, 0.5) is 0 Å². The Bertz CT molecular complexity index is 627. The van der Waals surface area contributed by atoms with Crippen LogP contribution in [-0.4, -0.2) is 11.7 Å². The molecule has 0 saturated carbocycles. The van der Waals surface area contributed by atoms with Crippen LogP contribution in [0.5, 0.6) is 5.75 Å². The zero-order valence-corrected chi connectivity index (χ0v) is 10.9. The van der Waals surface area contributed by atoms with Crippen molar-refractivity contribution in [3.8, 4) is 5.75 Å². The minimum atomic E-state index is -1.40. The Hall–Kier alpha value is -2.17. The number of rotatable bonds is 3. The third-order valence-corrected chi connectivity index (χ3v) is 3.20. The number of Topliss-reactive ketones (excluding diaryl/α,β-unsaturated/α-hetero) is 1. The molecule has 0 aliphatic carbocycles. The molecule has 4 heteroatoms. The summed E-state index contributed by atoms with van der Waals surface area (Å²) in [7, 11) is 0. The summed E-state index contributed by atoms with van der Waals surface area (Å²) in [6.45, 7) is 0.298. The summed E-state index contributed by atoms with van der Waals surface area (Å²) in [4.78, 5) is 12.1. The third-order valence-electron chi connectivity index (χ3n) is 3.20. The first-order valence-corrected chi connectivity index (χ1v) is 6.44. The van der Waals surface area contributed by atoms with Crippen molar-refractivity contribution in [1.29, 1.82) is 0 Å². The highest BCUT2D eigenvalue weighted by Crippen LogP contribution is 2.31. The first kappa shape index (κ1) is 12.8. The highest BCUT2D eigenvalue weighted by molar-refractivity contribution is 6.00. The number of carbonyl (C=O) groups is 1. The van der Waals surface area contributed by atoms with Crippen LogP contribution in [0.1, 0.15) is 22.3 Å². The van der Waals surface area contributed by atoms with Crippen molar-refractivity contribution in [3.63, 3.8) is 0 Å². The summed E-state index contributed by atoms with van der Waals surface area (Å²) in [6.07, 6.45) is 0.0108. The predicted octanol–water partition coefficient (Wildman–Crippen LogP) is 2.48. The monoisotopic (exact) mass is 269 g/mol. The normalized spacial score (nSPS) is 21.1. The van der Waals surface area contributed by atoms with Crippen LogP contribution in [0.3, 0.4) is 0 Å². The van der Waals surface area contributed by atoms with E-state index in [4.69, 9.17) is 15.2 Å². The average molecular weight is 269 g/mol. The molecule has 0 aromatic heterocycles. The minimum Gasteiger partial charge on any atom is -0.448 e. The molecule has 1 heterocycles. The number of nitrogens with two attached hydrogens (primary N) is 1. The Morgan fingerprint density at radius 2 is 1.80 bits per heavy atom. The van der Waals surface area contributed by atoms with Crippen LogP contribution in [0.25, 0.3) is 0 Å². The van der Waals surface area contributed by atoms with Crippen LogP contribution in [0, 0.1) is 0 Å². The van der Waals surface area contributed by atoms with Gasteiger partial charge in [0.1, 0.15) is 5.75 Å². The molecule has 0 fully saturated rings. The number of para-hydroxylation sites is 1. The quantitative estimate of drug-likeness (QED) is 0.869. The fourth-order valence-electron chi connectivity index (χ4n) is 2.19. The van der Waals surface area contributed by atoms with Gasteiger partial charge in [-0.3, -0.25) is 10.5 Å². The molecule has 4 nitrogen and oxygen atoms in total. The molecule has 1 unspecified atom stereocenters. The van der Waals surface area contributed by atoms with E-state index in [2.05, 4.69) is 0 Å². The molecule has 0 radical (unpaired) electrons. The molecule has 20 heavy (non-hydrogen) atoms. The van der Waals surface area contributed by atoms with Crippen molar-refractivity contribution in [2.24, 2.45) is 5.73 Å². The highest BCUT2D eigenvalue weighted by Gasteiger charge is 2.38. The summed E-state index contributed by atoms with van der Waals surface area (Å²) < 4.78 is 11.3. The molecule has 0 amide bonds. The van der Waals surface area contributed by atoms with Crippen molar-refractivity contribution in [3.05, 3.63) is 65.7 Å². The summed E-state index contributed by atoms with van der Waals surface area (Å²) in [5.74, 6) is -0.997. The molecule has 3 rings (SSSR count). The first-order chi connectivity index (χ1) is 9.66. The first-order valence-electron chi connectivity index (χ1n) is 6.44. The Morgan fingerprint density at radius 1 is 1.10 bits per heavy atom. The minimum absolute atomic E-state index is 0.0108. The molecule has 0 saturated heterocycles. The lowest BCUT2D eigenvalue weighted by molar-refractivity contribution is -0.187. The van der Waals surface area contributed by atoms with Crippen molar-refractivity contribution < 1.29 is 14.3 Å². The summed E-state index contributed by atoms with van der Waals surface area (Å²) >= 11 is 0. The summed E-state index contributed by atoms with van der Waals surface area (Å²) in [5.41, 5.74) is 7.58. The molecule has 102 valence electrons. The molecular formula is C16H15NO3. The number of hydrogen-bond donors (Lipinski definition) is 1. The maximum atomic E-state index is 12.1. The Kier molecular flexibility index (Phi) is 3.26. The van der Waals surface area contributed by atoms with E-state index in [-0.39, 0.29) is 12.2 Å². The lowest BCUT2D eigenvalue weighted by Gasteiger charge is -2.33. The van der Waals surface area contributed by atoms with E-state index in [0.717, 1.165) is 5.56 Å². The lowest BCUT2D eigenvalue weighted by Crippen LogP contribution is -2.52. The SMILES string of the molecule is NC1(OCc2ccccc2)CC(=O)c2ccccc2O1. The number of ketones is 1. The van der Waals surface area contributed by atoms with Crippen LogP contribution in [0.15, 0.2) is 54.6 Å². The molecule has 2 N–H and O–H groups in total. The average Bonchev–Trinajstić information content (AvgIpc) is 2.46.